The van der Waals surface area contributed by atoms with E-state index in [1.165, 1.54) is 6.07 Å². The Morgan fingerprint density at radius 1 is 1.12 bits per heavy atom. The number of pyridine rings is 1. The number of hydrogen-bond donors (Lipinski definition) is 1. The average Bonchev–Trinajstić information content (AvgIpc) is 2.83. The molecule has 0 saturated carbocycles. The van der Waals surface area contributed by atoms with Crippen LogP contribution in [0.5, 0.6) is 0 Å². The predicted molar refractivity (Wildman–Crippen MR) is 128 cm³/mol. The maximum absolute atomic E-state index is 13.9. The molecule has 2 aliphatic rings. The van der Waals surface area contributed by atoms with Crippen molar-refractivity contribution in [2.24, 2.45) is 0 Å². The van der Waals surface area contributed by atoms with Gasteiger partial charge in [-0.05, 0) is 56.6 Å². The summed E-state index contributed by atoms with van der Waals surface area (Å²) in [6.07, 6.45) is 6.82. The molecule has 0 aliphatic carbocycles. The van der Waals surface area contributed by atoms with E-state index >= 15 is 0 Å². The molecule has 2 aromatic rings. The summed E-state index contributed by atoms with van der Waals surface area (Å²) in [4.78, 5) is 22.0. The van der Waals surface area contributed by atoms with E-state index in [1.54, 1.807) is 12.1 Å². The Balaban J connectivity index is 1.39. The number of hydrogen-bond acceptors (Lipinski definition) is 3. The summed E-state index contributed by atoms with van der Waals surface area (Å²) in [6.45, 7) is 5.31. The number of carbonyl (C=O) groups excluding carboxylic acids is 1. The molecule has 168 valence electrons. The monoisotopic (exact) mass is 452 g/mol. The molecule has 0 bridgehead atoms. The van der Waals surface area contributed by atoms with E-state index in [0.29, 0.717) is 23.8 Å². The molecule has 0 spiro atoms. The lowest BCUT2D eigenvalue weighted by Gasteiger charge is -2.34. The molecular formula is C25H29FN4OS. The fraction of sp³-hybridized carbons (Fsp3) is 0.400. The van der Waals surface area contributed by atoms with Gasteiger partial charge in [0.15, 0.2) is 5.11 Å². The van der Waals surface area contributed by atoms with Crippen LogP contribution < -0.4 is 5.32 Å². The van der Waals surface area contributed by atoms with E-state index in [0.717, 1.165) is 55.8 Å². The van der Waals surface area contributed by atoms with Gasteiger partial charge in [-0.25, -0.2) is 4.39 Å². The Morgan fingerprint density at radius 3 is 2.62 bits per heavy atom. The summed E-state index contributed by atoms with van der Waals surface area (Å²) >= 11 is 5.55. The summed E-state index contributed by atoms with van der Waals surface area (Å²) < 4.78 is 13.9. The molecular weight excluding hydrogens is 423 g/mol. The van der Waals surface area contributed by atoms with Gasteiger partial charge in [-0.15, -0.1) is 0 Å². The zero-order valence-electron chi connectivity index (χ0n) is 18.4. The van der Waals surface area contributed by atoms with Gasteiger partial charge in [-0.2, -0.15) is 0 Å². The second-order valence-electron chi connectivity index (χ2n) is 8.41. The Kier molecular flexibility index (Phi) is 7.15. The number of nitrogens with one attached hydrogen (secondary N) is 1. The van der Waals surface area contributed by atoms with E-state index in [1.807, 2.05) is 30.0 Å². The normalized spacial score (nSPS) is 16.8. The summed E-state index contributed by atoms with van der Waals surface area (Å²) in [5.74, 6) is 0.0644. The van der Waals surface area contributed by atoms with Crippen molar-refractivity contribution in [1.29, 1.82) is 0 Å². The van der Waals surface area contributed by atoms with E-state index < -0.39 is 0 Å². The molecule has 0 radical (unpaired) electrons. The fourth-order valence-electron chi connectivity index (χ4n) is 4.35. The summed E-state index contributed by atoms with van der Waals surface area (Å²) in [7, 11) is 0. The molecule has 2 aliphatic heterocycles. The maximum atomic E-state index is 13.9. The number of aryl methyl sites for hydroxylation is 1. The van der Waals surface area contributed by atoms with Crippen LogP contribution in [0.15, 0.2) is 48.6 Å². The SMILES string of the molecule is Cc1ccc(C(=O)N2CC=CCC2)c(C2CCN(C(=S)NCc3ccccc3F)CC2)n1. The summed E-state index contributed by atoms with van der Waals surface area (Å²) in [6, 6.07) is 10.6. The van der Waals surface area contributed by atoms with E-state index in [4.69, 9.17) is 17.2 Å². The largest absolute Gasteiger partial charge is 0.358 e. The lowest BCUT2D eigenvalue weighted by atomic mass is 9.89. The van der Waals surface area contributed by atoms with E-state index in [-0.39, 0.29) is 17.6 Å². The molecule has 0 atom stereocenters. The Bertz CT molecular complexity index is 1020. The summed E-state index contributed by atoms with van der Waals surface area (Å²) in [5.41, 5.74) is 3.17. The van der Waals surface area contributed by atoms with Crippen LogP contribution in [0, 0.1) is 12.7 Å². The van der Waals surface area contributed by atoms with Gasteiger partial charge >= 0.3 is 0 Å². The highest BCUT2D eigenvalue weighted by Crippen LogP contribution is 2.30. The minimum absolute atomic E-state index is 0.0707. The van der Waals surface area contributed by atoms with Gasteiger partial charge in [-0.1, -0.05) is 30.4 Å². The molecule has 3 heterocycles. The van der Waals surface area contributed by atoms with Crippen LogP contribution in [0.4, 0.5) is 4.39 Å². The lowest BCUT2D eigenvalue weighted by Crippen LogP contribution is -2.44. The number of benzene rings is 1. The van der Waals surface area contributed by atoms with Crippen LogP contribution in [0.2, 0.25) is 0 Å². The number of likely N-dealkylation sites (tertiary alicyclic amines) is 1. The van der Waals surface area contributed by atoms with Crippen molar-refractivity contribution in [3.8, 4) is 0 Å². The van der Waals surface area contributed by atoms with E-state index in [2.05, 4.69) is 22.4 Å². The van der Waals surface area contributed by atoms with Crippen LogP contribution in [-0.2, 0) is 6.54 Å². The number of amides is 1. The molecule has 1 aromatic carbocycles. The third kappa shape index (κ3) is 5.15. The highest BCUT2D eigenvalue weighted by molar-refractivity contribution is 7.80. The maximum Gasteiger partial charge on any atom is 0.256 e. The third-order valence-corrected chi connectivity index (χ3v) is 6.60. The molecule has 4 rings (SSSR count). The van der Waals surface area contributed by atoms with Crippen LogP contribution in [0.3, 0.4) is 0 Å². The number of piperidine rings is 1. The first kappa shape index (κ1) is 22.4. The van der Waals surface area contributed by atoms with E-state index in [9.17, 15) is 9.18 Å². The minimum atomic E-state index is -0.228. The Hall–Kier alpha value is -2.80. The first-order valence-electron chi connectivity index (χ1n) is 11.2. The number of aromatic nitrogens is 1. The van der Waals surface area contributed by atoms with Crippen molar-refractivity contribution in [3.63, 3.8) is 0 Å². The average molecular weight is 453 g/mol. The molecule has 1 aromatic heterocycles. The van der Waals surface area contributed by atoms with Crippen molar-refractivity contribution >= 4 is 23.2 Å². The molecule has 1 amide bonds. The lowest BCUT2D eigenvalue weighted by molar-refractivity contribution is 0.0768. The first-order chi connectivity index (χ1) is 15.5. The topological polar surface area (TPSA) is 48.5 Å². The van der Waals surface area contributed by atoms with Crippen molar-refractivity contribution < 1.29 is 9.18 Å². The zero-order chi connectivity index (χ0) is 22.5. The molecule has 1 fully saturated rings. The number of nitrogens with zero attached hydrogens (tertiary/aromatic N) is 3. The predicted octanol–water partition coefficient (Wildman–Crippen LogP) is 4.19. The van der Waals surface area contributed by atoms with Gasteiger partial charge in [-0.3, -0.25) is 9.78 Å². The van der Waals surface area contributed by atoms with Crippen molar-refractivity contribution in [2.45, 2.75) is 38.6 Å². The Morgan fingerprint density at radius 2 is 1.91 bits per heavy atom. The van der Waals surface area contributed by atoms with Crippen LogP contribution in [0.25, 0.3) is 0 Å². The molecule has 5 nitrogen and oxygen atoms in total. The van der Waals surface area contributed by atoms with Gasteiger partial charge < -0.3 is 15.1 Å². The van der Waals surface area contributed by atoms with Gasteiger partial charge in [0.05, 0.1) is 11.3 Å². The second kappa shape index (κ2) is 10.2. The number of halogens is 1. The quantitative estimate of drug-likeness (QED) is 0.557. The third-order valence-electron chi connectivity index (χ3n) is 6.20. The minimum Gasteiger partial charge on any atom is -0.358 e. The molecule has 32 heavy (non-hydrogen) atoms. The molecule has 1 saturated heterocycles. The molecule has 0 unspecified atom stereocenters. The van der Waals surface area contributed by atoms with Crippen molar-refractivity contribution in [3.05, 3.63) is 76.9 Å². The van der Waals surface area contributed by atoms with Crippen LogP contribution >= 0.6 is 12.2 Å². The van der Waals surface area contributed by atoms with Crippen molar-refractivity contribution in [2.75, 3.05) is 26.2 Å². The zero-order valence-corrected chi connectivity index (χ0v) is 19.2. The number of rotatable bonds is 4. The van der Waals surface area contributed by atoms with Gasteiger partial charge in [0.25, 0.3) is 5.91 Å². The van der Waals surface area contributed by atoms with Crippen LogP contribution in [-0.4, -0.2) is 52.0 Å². The van der Waals surface area contributed by atoms with Gasteiger partial charge in [0.1, 0.15) is 5.82 Å². The van der Waals surface area contributed by atoms with Gasteiger partial charge in [0, 0.05) is 49.9 Å². The highest BCUT2D eigenvalue weighted by atomic mass is 32.1. The Labute approximate surface area is 194 Å². The fourth-order valence-corrected chi connectivity index (χ4v) is 4.60. The van der Waals surface area contributed by atoms with Crippen LogP contribution in [0.1, 0.15) is 52.5 Å². The standard InChI is InChI=1S/C25H29FN4OS/c1-18-9-10-21(24(31)29-13-5-2-6-14-29)23(28-18)19-11-15-30(16-12-19)25(32)27-17-20-7-3-4-8-22(20)26/h2-5,7-10,19H,6,11-17H2,1H3,(H,27,32). The smallest absolute Gasteiger partial charge is 0.256 e. The second-order valence-corrected chi connectivity index (χ2v) is 8.79. The summed E-state index contributed by atoms with van der Waals surface area (Å²) in [5, 5.41) is 3.82. The number of carbonyl (C=O) groups is 1. The molecule has 1 N–H and O–H groups in total. The highest BCUT2D eigenvalue weighted by Gasteiger charge is 2.28. The van der Waals surface area contributed by atoms with Gasteiger partial charge in [0.2, 0.25) is 0 Å². The number of thiocarbonyl (C=S) groups is 1. The van der Waals surface area contributed by atoms with Crippen molar-refractivity contribution in [1.82, 2.24) is 20.1 Å². The first-order valence-corrected chi connectivity index (χ1v) is 11.6. The molecule has 7 heteroatoms.